The molecule has 0 saturated heterocycles. The number of amides is 1. The van der Waals surface area contributed by atoms with E-state index in [4.69, 9.17) is 0 Å². The highest BCUT2D eigenvalue weighted by atomic mass is 127. The normalized spacial score (nSPS) is 12.2. The molecular weight excluding hydrogens is 417 g/mol. The van der Waals surface area contributed by atoms with Crippen LogP contribution in [0.4, 0.5) is 0 Å². The van der Waals surface area contributed by atoms with E-state index < -0.39 is 0 Å². The molecule has 0 heterocycles. The summed E-state index contributed by atoms with van der Waals surface area (Å²) in [5.41, 5.74) is 0.757. The number of unbranched alkanes of at least 4 members (excludes halogenated alkanes) is 1. The summed E-state index contributed by atoms with van der Waals surface area (Å²) in [6.45, 7) is 4.34. The molecule has 0 radical (unpaired) electrons. The van der Waals surface area contributed by atoms with Gasteiger partial charge in [0, 0.05) is 14.1 Å². The molecule has 0 aliphatic carbocycles. The van der Waals surface area contributed by atoms with Crippen LogP contribution < -0.4 is 5.32 Å². The van der Waals surface area contributed by atoms with Crippen LogP contribution in [0.25, 0.3) is 0 Å². The Kier molecular flexibility index (Phi) is 7.99. The third kappa shape index (κ3) is 5.81. The van der Waals surface area contributed by atoms with Gasteiger partial charge in [-0.1, -0.05) is 49.0 Å². The SMILES string of the molecule is CCCCC(CCC)NC(=O)c1cc(Br)ccc1I. The largest absolute Gasteiger partial charge is 0.349 e. The summed E-state index contributed by atoms with van der Waals surface area (Å²) >= 11 is 5.63. The van der Waals surface area contributed by atoms with Gasteiger partial charge in [-0.2, -0.15) is 0 Å². The van der Waals surface area contributed by atoms with Crippen LogP contribution >= 0.6 is 38.5 Å². The first kappa shape index (κ1) is 17.0. The first-order chi connectivity index (χ1) is 9.08. The van der Waals surface area contributed by atoms with Crippen molar-refractivity contribution in [2.75, 3.05) is 0 Å². The first-order valence-corrected chi connectivity index (χ1v) is 8.71. The number of carbonyl (C=O) groups excluding carboxylic acids is 1. The molecular formula is C15H21BrINO. The lowest BCUT2D eigenvalue weighted by Gasteiger charge is -2.18. The molecule has 0 fully saturated rings. The van der Waals surface area contributed by atoms with Gasteiger partial charge in [0.05, 0.1) is 5.56 Å². The van der Waals surface area contributed by atoms with Gasteiger partial charge in [-0.3, -0.25) is 4.79 Å². The van der Waals surface area contributed by atoms with Gasteiger partial charge in [-0.15, -0.1) is 0 Å². The zero-order valence-electron chi connectivity index (χ0n) is 11.5. The first-order valence-electron chi connectivity index (χ1n) is 6.84. The van der Waals surface area contributed by atoms with E-state index in [1.807, 2.05) is 18.2 Å². The maximum absolute atomic E-state index is 12.3. The quantitative estimate of drug-likeness (QED) is 0.587. The van der Waals surface area contributed by atoms with Gasteiger partial charge in [0.1, 0.15) is 0 Å². The van der Waals surface area contributed by atoms with Crippen LogP contribution in [0.5, 0.6) is 0 Å². The summed E-state index contributed by atoms with van der Waals surface area (Å²) in [6, 6.07) is 6.10. The second-order valence-corrected chi connectivity index (χ2v) is 6.80. The van der Waals surface area contributed by atoms with E-state index in [1.54, 1.807) is 0 Å². The van der Waals surface area contributed by atoms with Crippen LogP contribution in [-0.2, 0) is 0 Å². The van der Waals surface area contributed by atoms with Crippen molar-refractivity contribution in [3.8, 4) is 0 Å². The molecule has 19 heavy (non-hydrogen) atoms. The highest BCUT2D eigenvalue weighted by molar-refractivity contribution is 14.1. The van der Waals surface area contributed by atoms with Crippen LogP contribution in [0.15, 0.2) is 22.7 Å². The number of benzene rings is 1. The molecule has 0 saturated carbocycles. The summed E-state index contributed by atoms with van der Waals surface area (Å²) in [5.74, 6) is 0.0419. The van der Waals surface area contributed by atoms with Crippen molar-refractivity contribution >= 4 is 44.4 Å². The fourth-order valence-electron chi connectivity index (χ4n) is 2.02. The van der Waals surface area contributed by atoms with E-state index in [0.717, 1.165) is 32.9 Å². The Morgan fingerprint density at radius 1 is 1.32 bits per heavy atom. The zero-order chi connectivity index (χ0) is 14.3. The van der Waals surface area contributed by atoms with Gasteiger partial charge in [0.15, 0.2) is 0 Å². The lowest BCUT2D eigenvalue weighted by molar-refractivity contribution is 0.0931. The Hall–Kier alpha value is -0.100. The van der Waals surface area contributed by atoms with Crippen LogP contribution in [0.3, 0.4) is 0 Å². The standard InChI is InChI=1S/C15H21BrINO/c1-3-5-7-12(6-4-2)18-15(19)13-10-11(16)8-9-14(13)17/h8-10,12H,3-7H2,1-2H3,(H,18,19). The molecule has 1 aromatic carbocycles. The molecule has 0 aromatic heterocycles. The Labute approximate surface area is 138 Å². The molecule has 0 spiro atoms. The van der Waals surface area contributed by atoms with Gasteiger partial charge >= 0.3 is 0 Å². The molecule has 1 N–H and O–H groups in total. The minimum absolute atomic E-state index is 0.0419. The number of hydrogen-bond donors (Lipinski definition) is 1. The maximum atomic E-state index is 12.3. The predicted octanol–water partition coefficient (Wildman–Crippen LogP) is 5.14. The molecule has 0 aliphatic rings. The molecule has 1 aromatic rings. The number of carbonyl (C=O) groups is 1. The van der Waals surface area contributed by atoms with Crippen molar-refractivity contribution in [3.05, 3.63) is 31.8 Å². The third-order valence-corrected chi connectivity index (χ3v) is 4.49. The lowest BCUT2D eigenvalue weighted by Crippen LogP contribution is -2.35. The van der Waals surface area contributed by atoms with E-state index in [-0.39, 0.29) is 5.91 Å². The molecule has 106 valence electrons. The molecule has 1 atom stereocenters. The van der Waals surface area contributed by atoms with Gasteiger partial charge in [-0.05, 0) is 53.6 Å². The van der Waals surface area contributed by atoms with E-state index in [1.165, 1.54) is 12.8 Å². The van der Waals surface area contributed by atoms with Crippen molar-refractivity contribution in [3.63, 3.8) is 0 Å². The number of hydrogen-bond acceptors (Lipinski definition) is 1. The van der Waals surface area contributed by atoms with E-state index in [9.17, 15) is 4.79 Å². The molecule has 4 heteroatoms. The maximum Gasteiger partial charge on any atom is 0.252 e. The molecule has 1 unspecified atom stereocenters. The van der Waals surface area contributed by atoms with E-state index in [0.29, 0.717) is 6.04 Å². The second-order valence-electron chi connectivity index (χ2n) is 4.73. The smallest absolute Gasteiger partial charge is 0.252 e. The van der Waals surface area contributed by atoms with Gasteiger partial charge in [0.2, 0.25) is 0 Å². The lowest BCUT2D eigenvalue weighted by atomic mass is 10.0. The van der Waals surface area contributed by atoms with Crippen molar-refractivity contribution in [2.24, 2.45) is 0 Å². The monoisotopic (exact) mass is 437 g/mol. The predicted molar refractivity (Wildman–Crippen MR) is 92.5 cm³/mol. The fourth-order valence-corrected chi connectivity index (χ4v) is 2.96. The molecule has 0 aliphatic heterocycles. The van der Waals surface area contributed by atoms with E-state index in [2.05, 4.69) is 57.7 Å². The highest BCUT2D eigenvalue weighted by Crippen LogP contribution is 2.19. The highest BCUT2D eigenvalue weighted by Gasteiger charge is 2.15. The second kappa shape index (κ2) is 8.95. The van der Waals surface area contributed by atoms with E-state index >= 15 is 0 Å². The van der Waals surface area contributed by atoms with Crippen LogP contribution in [0, 0.1) is 3.57 Å². The Morgan fingerprint density at radius 2 is 2.05 bits per heavy atom. The van der Waals surface area contributed by atoms with Gasteiger partial charge < -0.3 is 5.32 Å². The number of halogens is 2. The molecule has 2 nitrogen and oxygen atoms in total. The average Bonchev–Trinajstić information content (AvgIpc) is 2.39. The zero-order valence-corrected chi connectivity index (χ0v) is 15.3. The number of rotatable bonds is 7. The minimum Gasteiger partial charge on any atom is -0.349 e. The van der Waals surface area contributed by atoms with Crippen molar-refractivity contribution in [1.29, 1.82) is 0 Å². The fraction of sp³-hybridized carbons (Fsp3) is 0.533. The van der Waals surface area contributed by atoms with Crippen LogP contribution in [0.1, 0.15) is 56.3 Å². The third-order valence-electron chi connectivity index (χ3n) is 3.05. The Morgan fingerprint density at radius 3 is 2.68 bits per heavy atom. The summed E-state index contributed by atoms with van der Waals surface area (Å²) in [6.07, 6.45) is 5.56. The average molecular weight is 438 g/mol. The van der Waals surface area contributed by atoms with Gasteiger partial charge in [-0.25, -0.2) is 0 Å². The van der Waals surface area contributed by atoms with Crippen molar-refractivity contribution < 1.29 is 4.79 Å². The Bertz CT molecular complexity index is 423. The topological polar surface area (TPSA) is 29.1 Å². The molecule has 0 bridgehead atoms. The molecule has 1 amide bonds. The summed E-state index contributed by atoms with van der Waals surface area (Å²) in [7, 11) is 0. The van der Waals surface area contributed by atoms with Gasteiger partial charge in [0.25, 0.3) is 5.91 Å². The van der Waals surface area contributed by atoms with Crippen molar-refractivity contribution in [2.45, 2.75) is 52.0 Å². The van der Waals surface area contributed by atoms with Crippen molar-refractivity contribution in [1.82, 2.24) is 5.32 Å². The molecule has 1 rings (SSSR count). The number of nitrogens with one attached hydrogen (secondary N) is 1. The summed E-state index contributed by atoms with van der Waals surface area (Å²) in [4.78, 5) is 12.3. The summed E-state index contributed by atoms with van der Waals surface area (Å²) in [5, 5.41) is 3.17. The minimum atomic E-state index is 0.0419. The van der Waals surface area contributed by atoms with Crippen LogP contribution in [-0.4, -0.2) is 11.9 Å². The summed E-state index contributed by atoms with van der Waals surface area (Å²) < 4.78 is 1.93. The van der Waals surface area contributed by atoms with Crippen LogP contribution in [0.2, 0.25) is 0 Å². The Balaban J connectivity index is 2.72.